The molecule has 0 aliphatic rings. The van der Waals surface area contributed by atoms with E-state index in [-0.39, 0.29) is 6.42 Å². The Hall–Kier alpha value is -2.29. The molecule has 0 aliphatic heterocycles. The van der Waals surface area contributed by atoms with E-state index >= 15 is 0 Å². The Morgan fingerprint density at radius 1 is 1.52 bits per heavy atom. The molecule has 112 valence electrons. The van der Waals surface area contributed by atoms with Gasteiger partial charge in [0.1, 0.15) is 10.9 Å². The first-order valence-electron chi connectivity index (χ1n) is 6.44. The van der Waals surface area contributed by atoms with Crippen molar-refractivity contribution in [3.8, 4) is 0 Å². The van der Waals surface area contributed by atoms with E-state index in [2.05, 4.69) is 24.9 Å². The van der Waals surface area contributed by atoms with Gasteiger partial charge < -0.3 is 15.4 Å². The van der Waals surface area contributed by atoms with Crippen LogP contribution in [0.4, 0.5) is 0 Å². The highest BCUT2D eigenvalue weighted by Gasteiger charge is 2.24. The highest BCUT2D eigenvalue weighted by molar-refractivity contribution is 7.08. The number of nitrogens with zero attached hydrogens (tertiary/aromatic N) is 3. The van der Waals surface area contributed by atoms with Gasteiger partial charge in [0.15, 0.2) is 0 Å². The minimum absolute atomic E-state index is 0.135. The van der Waals surface area contributed by atoms with Gasteiger partial charge in [0, 0.05) is 18.3 Å². The summed E-state index contributed by atoms with van der Waals surface area (Å²) in [5, 5.41) is 15.6. The van der Waals surface area contributed by atoms with Crippen LogP contribution in [0.1, 0.15) is 34.4 Å². The van der Waals surface area contributed by atoms with Gasteiger partial charge in [-0.2, -0.15) is 0 Å². The van der Waals surface area contributed by atoms with E-state index in [1.807, 2.05) is 6.92 Å². The standard InChI is InChI=1S/C12H15N5O3S/c1-2-3-8-10(21-17-16-8)11(18)15-9(12(19)20)4-7-5-13-6-14-7/h5-6,9H,2-4H2,1H3,(H,13,14)(H,15,18)(H,19,20)/t9-/m1/s1. The molecule has 0 fully saturated rings. The first-order chi connectivity index (χ1) is 10.1. The van der Waals surface area contributed by atoms with Crippen LogP contribution >= 0.6 is 11.5 Å². The lowest BCUT2D eigenvalue weighted by Gasteiger charge is -2.13. The molecule has 0 aromatic carbocycles. The fourth-order valence-corrected chi connectivity index (χ4v) is 2.43. The quantitative estimate of drug-likeness (QED) is 0.690. The summed E-state index contributed by atoms with van der Waals surface area (Å²) in [4.78, 5) is 30.4. The van der Waals surface area contributed by atoms with Crippen LogP contribution in [-0.2, 0) is 17.6 Å². The number of amides is 1. The number of rotatable bonds is 7. The molecule has 8 nitrogen and oxygen atoms in total. The Kier molecular flexibility index (Phi) is 4.99. The van der Waals surface area contributed by atoms with E-state index in [9.17, 15) is 14.7 Å². The third-order valence-electron chi connectivity index (χ3n) is 2.83. The summed E-state index contributed by atoms with van der Waals surface area (Å²) in [7, 11) is 0. The van der Waals surface area contributed by atoms with Crippen molar-refractivity contribution < 1.29 is 14.7 Å². The minimum Gasteiger partial charge on any atom is -0.480 e. The summed E-state index contributed by atoms with van der Waals surface area (Å²) in [6, 6.07) is -1.03. The number of hydrogen-bond acceptors (Lipinski definition) is 6. The topological polar surface area (TPSA) is 121 Å². The van der Waals surface area contributed by atoms with Crippen LogP contribution in [0.15, 0.2) is 12.5 Å². The van der Waals surface area contributed by atoms with Crippen molar-refractivity contribution in [3.63, 3.8) is 0 Å². The van der Waals surface area contributed by atoms with E-state index in [0.29, 0.717) is 22.7 Å². The molecule has 0 unspecified atom stereocenters. The highest BCUT2D eigenvalue weighted by Crippen LogP contribution is 2.13. The average Bonchev–Trinajstić information content (AvgIpc) is 3.09. The van der Waals surface area contributed by atoms with E-state index in [4.69, 9.17) is 0 Å². The van der Waals surface area contributed by atoms with Crippen LogP contribution < -0.4 is 5.32 Å². The third-order valence-corrected chi connectivity index (χ3v) is 3.60. The SMILES string of the molecule is CCCc1nnsc1C(=O)N[C@H](Cc1cnc[nH]1)C(=O)O. The summed E-state index contributed by atoms with van der Waals surface area (Å²) >= 11 is 0.973. The zero-order chi connectivity index (χ0) is 15.2. The Morgan fingerprint density at radius 3 is 2.95 bits per heavy atom. The van der Waals surface area contributed by atoms with Crippen molar-refractivity contribution in [1.82, 2.24) is 24.9 Å². The van der Waals surface area contributed by atoms with Gasteiger partial charge in [-0.05, 0) is 18.0 Å². The monoisotopic (exact) mass is 309 g/mol. The Bertz CT molecular complexity index is 610. The molecule has 1 amide bonds. The zero-order valence-electron chi connectivity index (χ0n) is 11.4. The van der Waals surface area contributed by atoms with E-state index in [1.165, 1.54) is 12.5 Å². The van der Waals surface area contributed by atoms with Gasteiger partial charge in [0.2, 0.25) is 0 Å². The van der Waals surface area contributed by atoms with E-state index in [0.717, 1.165) is 18.0 Å². The van der Waals surface area contributed by atoms with Crippen LogP contribution in [0.5, 0.6) is 0 Å². The molecule has 0 bridgehead atoms. The Morgan fingerprint density at radius 2 is 2.33 bits per heavy atom. The number of hydrogen-bond donors (Lipinski definition) is 3. The Balaban J connectivity index is 2.07. The number of aryl methyl sites for hydroxylation is 1. The molecule has 1 atom stereocenters. The van der Waals surface area contributed by atoms with E-state index in [1.54, 1.807) is 0 Å². The predicted octanol–water partition coefficient (Wildman–Crippen LogP) is 0.639. The van der Waals surface area contributed by atoms with Gasteiger partial charge >= 0.3 is 5.97 Å². The molecule has 0 spiro atoms. The number of aliphatic carboxylic acids is 1. The van der Waals surface area contributed by atoms with E-state index < -0.39 is 17.9 Å². The second-order valence-corrected chi connectivity index (χ2v) is 5.20. The summed E-state index contributed by atoms with van der Waals surface area (Å²) in [5.41, 5.74) is 1.24. The Labute approximate surface area is 124 Å². The van der Waals surface area contributed by atoms with Crippen molar-refractivity contribution >= 4 is 23.4 Å². The number of nitrogens with one attached hydrogen (secondary N) is 2. The number of aromatic nitrogens is 4. The highest BCUT2D eigenvalue weighted by atomic mass is 32.1. The van der Waals surface area contributed by atoms with Crippen molar-refractivity contribution in [1.29, 1.82) is 0 Å². The van der Waals surface area contributed by atoms with Crippen molar-refractivity contribution in [2.24, 2.45) is 0 Å². The molecular formula is C12H15N5O3S. The average molecular weight is 309 g/mol. The molecule has 2 rings (SSSR count). The molecule has 0 saturated heterocycles. The second kappa shape index (κ2) is 6.93. The van der Waals surface area contributed by atoms with Gasteiger partial charge in [-0.1, -0.05) is 17.8 Å². The van der Waals surface area contributed by atoms with Crippen LogP contribution in [0.2, 0.25) is 0 Å². The van der Waals surface area contributed by atoms with Gasteiger partial charge in [0.05, 0.1) is 12.0 Å². The maximum absolute atomic E-state index is 12.2. The predicted molar refractivity (Wildman–Crippen MR) is 75.1 cm³/mol. The smallest absolute Gasteiger partial charge is 0.326 e. The molecule has 2 aromatic rings. The minimum atomic E-state index is -1.10. The molecular weight excluding hydrogens is 294 g/mol. The lowest BCUT2D eigenvalue weighted by atomic mass is 10.1. The number of carboxylic acid groups (broad SMARTS) is 1. The molecule has 0 radical (unpaired) electrons. The largest absolute Gasteiger partial charge is 0.480 e. The molecule has 9 heteroatoms. The lowest BCUT2D eigenvalue weighted by Crippen LogP contribution is -2.42. The molecule has 2 aromatic heterocycles. The van der Waals surface area contributed by atoms with Crippen molar-refractivity contribution in [2.45, 2.75) is 32.2 Å². The summed E-state index contributed by atoms with van der Waals surface area (Å²) in [5.74, 6) is -1.56. The van der Waals surface area contributed by atoms with Crippen LogP contribution in [0, 0.1) is 0 Å². The normalized spacial score (nSPS) is 12.0. The summed E-state index contributed by atoms with van der Waals surface area (Å²) in [6.07, 6.45) is 4.59. The molecule has 3 N–H and O–H groups in total. The zero-order valence-corrected chi connectivity index (χ0v) is 12.2. The van der Waals surface area contributed by atoms with Gasteiger partial charge in [-0.25, -0.2) is 9.78 Å². The van der Waals surface area contributed by atoms with Gasteiger partial charge in [0.25, 0.3) is 5.91 Å². The number of H-pyrrole nitrogens is 1. The second-order valence-electron chi connectivity index (χ2n) is 4.44. The number of imidazole rings is 1. The van der Waals surface area contributed by atoms with Crippen molar-refractivity contribution in [2.75, 3.05) is 0 Å². The number of carbonyl (C=O) groups is 2. The molecule has 0 aliphatic carbocycles. The maximum atomic E-state index is 12.2. The maximum Gasteiger partial charge on any atom is 0.326 e. The van der Waals surface area contributed by atoms with Gasteiger partial charge in [-0.15, -0.1) is 5.10 Å². The first kappa shape index (κ1) is 15.1. The fraction of sp³-hybridized carbons (Fsp3) is 0.417. The number of carboxylic acids is 1. The number of carbonyl (C=O) groups excluding carboxylic acids is 1. The lowest BCUT2D eigenvalue weighted by molar-refractivity contribution is -0.139. The summed E-state index contributed by atoms with van der Waals surface area (Å²) in [6.45, 7) is 1.97. The molecule has 0 saturated carbocycles. The van der Waals surface area contributed by atoms with Crippen LogP contribution in [0.3, 0.4) is 0 Å². The summed E-state index contributed by atoms with van der Waals surface area (Å²) < 4.78 is 3.76. The van der Waals surface area contributed by atoms with Crippen molar-refractivity contribution in [3.05, 3.63) is 28.8 Å². The van der Waals surface area contributed by atoms with Crippen LogP contribution in [0.25, 0.3) is 0 Å². The number of aromatic amines is 1. The van der Waals surface area contributed by atoms with Gasteiger partial charge in [-0.3, -0.25) is 4.79 Å². The molecule has 2 heterocycles. The van der Waals surface area contributed by atoms with Crippen LogP contribution in [-0.4, -0.2) is 42.6 Å². The fourth-order valence-electron chi connectivity index (χ4n) is 1.82. The first-order valence-corrected chi connectivity index (χ1v) is 7.21. The molecule has 21 heavy (non-hydrogen) atoms. The third kappa shape index (κ3) is 3.85.